The molecule has 4 aromatic carbocycles. The number of nitrogens with zero attached hydrogens (tertiary/aromatic N) is 8. The van der Waals surface area contributed by atoms with Gasteiger partial charge < -0.3 is 106 Å². The molecule has 0 saturated carbocycles. The molecule has 1 radical (unpaired) electrons. The Labute approximate surface area is 579 Å². The van der Waals surface area contributed by atoms with Crippen molar-refractivity contribution in [2.24, 2.45) is 0 Å². The monoisotopic (exact) mass is 1390 g/mol. The van der Waals surface area contributed by atoms with E-state index in [1.807, 2.05) is 55.4 Å². The van der Waals surface area contributed by atoms with Crippen molar-refractivity contribution in [3.05, 3.63) is 93.0 Å². The van der Waals surface area contributed by atoms with E-state index >= 15 is 0 Å². The van der Waals surface area contributed by atoms with Gasteiger partial charge in [0, 0.05) is 97.7 Å². The van der Waals surface area contributed by atoms with Crippen molar-refractivity contribution in [3.8, 4) is 45.6 Å². The standard InChI is InChI=1S/C72H96N8O16.Cu/c1-9-81-17-25-89-41-49-33-57-58(34-50(49)42-90-26-18-82-10-2)66-73-65(57)77-67-59-35-51(43-91-27-19-83-11-3)52(44-92-28-20-84-12-4)36-60(59)69(74-67)79-71-63-39-55(47-95-31-23-87-15-7)56(48-96-32-24-88-16-8)40-64(63)72(76-71)80-70-62-38-54(46-94-30-22-86-14-6)53(45-93-29-21-85-13-5)37-61(62)68(75-70)78-66;/h33-40H,9-32,41-48H2,1-8H3;/q-2;+2. The molecule has 0 fully saturated rings. The summed E-state index contributed by atoms with van der Waals surface area (Å²) in [4.78, 5) is 43.3. The van der Waals surface area contributed by atoms with Crippen LogP contribution >= 0.6 is 0 Å². The van der Waals surface area contributed by atoms with Crippen molar-refractivity contribution >= 4 is 44.1 Å². The average Bonchev–Trinajstić information content (AvgIpc) is 1.60. The molecule has 531 valence electrons. The molecule has 0 N–H and O–H groups in total. The predicted octanol–water partition coefficient (Wildman–Crippen LogP) is 10.5. The molecule has 97 heavy (non-hydrogen) atoms. The molecule has 0 amide bonds. The van der Waals surface area contributed by atoms with Gasteiger partial charge in [0.15, 0.2) is 0 Å². The van der Waals surface area contributed by atoms with Crippen LogP contribution in [0.15, 0.2) is 48.5 Å². The molecule has 25 heteroatoms. The van der Waals surface area contributed by atoms with Crippen LogP contribution in [0, 0.1) is 0 Å². The maximum atomic E-state index is 6.31. The van der Waals surface area contributed by atoms with Gasteiger partial charge in [-0.05, 0) is 170 Å². The summed E-state index contributed by atoms with van der Waals surface area (Å²) in [6, 6.07) is 16.5. The van der Waals surface area contributed by atoms with Gasteiger partial charge in [0.2, 0.25) is 0 Å². The third-order valence-corrected chi connectivity index (χ3v) is 15.7. The fourth-order valence-electron chi connectivity index (χ4n) is 10.8. The molecule has 0 spiro atoms. The first-order valence-electron chi connectivity index (χ1n) is 33.9. The maximum absolute atomic E-state index is 6.31. The minimum atomic E-state index is 0. The van der Waals surface area contributed by atoms with Crippen LogP contribution in [0.1, 0.15) is 99.9 Å². The zero-order valence-corrected chi connectivity index (χ0v) is 58.6. The average molecular weight is 1390 g/mol. The first-order chi connectivity index (χ1) is 47.3. The Hall–Kier alpha value is -5.88. The molecule has 3 aromatic heterocycles. The molecule has 24 nitrogen and oxygen atoms in total. The number of benzene rings is 4. The second-order valence-electron chi connectivity index (χ2n) is 22.1. The van der Waals surface area contributed by atoms with Crippen LogP contribution in [0.2, 0.25) is 0 Å². The number of hydrogen-bond donors (Lipinski definition) is 0. The largest absolute Gasteiger partial charge is 2.00 e. The van der Waals surface area contributed by atoms with Crippen molar-refractivity contribution in [2.45, 2.75) is 108 Å². The van der Waals surface area contributed by atoms with Gasteiger partial charge in [0.25, 0.3) is 0 Å². The van der Waals surface area contributed by atoms with Crippen LogP contribution in [0.4, 0.5) is 0 Å². The van der Waals surface area contributed by atoms with Gasteiger partial charge in [-0.25, -0.2) is 9.97 Å². The summed E-state index contributed by atoms with van der Waals surface area (Å²) < 4.78 is 95.8. The van der Waals surface area contributed by atoms with Crippen LogP contribution in [0.3, 0.4) is 0 Å². The molecule has 0 saturated heterocycles. The fraction of sp³-hybridized carbons (Fsp3) is 0.556. The van der Waals surface area contributed by atoms with Crippen LogP contribution in [0.25, 0.3) is 89.7 Å². The van der Waals surface area contributed by atoms with Crippen molar-refractivity contribution in [2.75, 3.05) is 159 Å². The van der Waals surface area contributed by atoms with Crippen LogP contribution in [-0.4, -0.2) is 188 Å². The van der Waals surface area contributed by atoms with E-state index in [9.17, 15) is 0 Å². The molecule has 2 aliphatic heterocycles. The third-order valence-electron chi connectivity index (χ3n) is 15.7. The van der Waals surface area contributed by atoms with Crippen LogP contribution in [0.5, 0.6) is 0 Å². The summed E-state index contributed by atoms with van der Waals surface area (Å²) in [5, 5.41) is 2.80. The minimum absolute atomic E-state index is 0. The first-order valence-corrected chi connectivity index (χ1v) is 33.9. The number of fused-ring (bicyclic) bond motifs is 20. The smallest absolute Gasteiger partial charge is 0.379 e. The predicted molar refractivity (Wildman–Crippen MR) is 363 cm³/mol. The molecule has 2 aliphatic rings. The quantitative estimate of drug-likeness (QED) is 0.0254. The molecule has 7 aromatic rings. The van der Waals surface area contributed by atoms with Crippen molar-refractivity contribution in [3.63, 3.8) is 0 Å². The molecule has 8 bridgehead atoms. The summed E-state index contributed by atoms with van der Waals surface area (Å²) in [5.74, 6) is 1.44. The fourth-order valence-corrected chi connectivity index (χ4v) is 10.8. The van der Waals surface area contributed by atoms with E-state index in [0.717, 1.165) is 44.5 Å². The second-order valence-corrected chi connectivity index (χ2v) is 22.1. The Bertz CT molecular complexity index is 3260. The SMILES string of the molecule is CCOCCOCc1cc2c(cc1COCCOCC)-c1nc-2nc2[n-]c(nc3nc(nc4[n-]c(n1)c1cc(COCCOCC)c(COCCOCC)cc41)-c1cc(COCCOCC)c(COCCOCC)cc1-3)c1cc(COCCOCC)c(COCCOCC)cc21.[Cu+2]. The second kappa shape index (κ2) is 42.3. The zero-order chi connectivity index (χ0) is 67.1. The van der Waals surface area contributed by atoms with Gasteiger partial charge >= 0.3 is 17.1 Å². The topological polar surface area (TPSA) is 253 Å². The van der Waals surface area contributed by atoms with E-state index in [0.29, 0.717) is 248 Å². The Morgan fingerprint density at radius 1 is 0.216 bits per heavy atom. The van der Waals surface area contributed by atoms with Gasteiger partial charge in [0.05, 0.1) is 182 Å². The third kappa shape index (κ3) is 22.1. The maximum Gasteiger partial charge on any atom is 2.00 e. The normalized spacial score (nSPS) is 12.0. The van der Waals surface area contributed by atoms with Gasteiger partial charge in [-0.2, -0.15) is 0 Å². The number of rotatable bonds is 48. The summed E-state index contributed by atoms with van der Waals surface area (Å²) >= 11 is 0. The molecule has 9 rings (SSSR count). The molecule has 0 aliphatic carbocycles. The van der Waals surface area contributed by atoms with Crippen LogP contribution < -0.4 is 9.97 Å². The van der Waals surface area contributed by atoms with E-state index in [1.165, 1.54) is 0 Å². The molecule has 0 atom stereocenters. The number of hydrogen-bond acceptors (Lipinski definition) is 22. The summed E-state index contributed by atoms with van der Waals surface area (Å²) in [6.07, 6.45) is 0. The molecule has 5 heterocycles. The van der Waals surface area contributed by atoms with Gasteiger partial charge in [0.1, 0.15) is 0 Å². The van der Waals surface area contributed by atoms with Gasteiger partial charge in [-0.15, -0.1) is 0 Å². The molecular weight excluding hydrogens is 1300 g/mol. The van der Waals surface area contributed by atoms with E-state index in [2.05, 4.69) is 48.5 Å². The summed E-state index contributed by atoms with van der Waals surface area (Å²) in [5.41, 5.74) is 11.2. The van der Waals surface area contributed by atoms with Crippen LogP contribution in [-0.2, 0) is 146 Å². The van der Waals surface area contributed by atoms with E-state index in [1.54, 1.807) is 0 Å². The van der Waals surface area contributed by atoms with E-state index in [-0.39, 0.29) is 69.9 Å². The molecule has 0 unspecified atom stereocenters. The number of ether oxygens (including phenoxy) is 16. The first kappa shape index (κ1) is 76.9. The zero-order valence-electron chi connectivity index (χ0n) is 57.7. The van der Waals surface area contributed by atoms with Crippen molar-refractivity contribution < 1.29 is 92.9 Å². The Morgan fingerprint density at radius 2 is 0.371 bits per heavy atom. The minimum Gasteiger partial charge on any atom is -0.379 e. The Kier molecular flexibility index (Phi) is 33.5. The van der Waals surface area contributed by atoms with Gasteiger partial charge in [-0.1, -0.05) is 0 Å². The summed E-state index contributed by atoms with van der Waals surface area (Å²) in [6.45, 7) is 28.9. The Morgan fingerprint density at radius 3 is 0.536 bits per heavy atom. The molecular formula is C72H96CuN8O16. The van der Waals surface area contributed by atoms with Gasteiger partial charge in [-0.3, -0.25) is 0 Å². The Balaban J connectivity index is 0.0000120. The van der Waals surface area contributed by atoms with Crippen molar-refractivity contribution in [1.82, 2.24) is 39.9 Å². The van der Waals surface area contributed by atoms with E-state index in [4.69, 9.17) is 116 Å². The summed E-state index contributed by atoms with van der Waals surface area (Å²) in [7, 11) is 0. The van der Waals surface area contributed by atoms with E-state index < -0.39 is 0 Å². The van der Waals surface area contributed by atoms with Crippen molar-refractivity contribution in [1.29, 1.82) is 0 Å². The number of aromatic nitrogens is 8.